The zero-order chi connectivity index (χ0) is 14.0. The van der Waals surface area contributed by atoms with Crippen molar-refractivity contribution in [3.05, 3.63) is 52.8 Å². The molecule has 2 rings (SSSR count). The van der Waals surface area contributed by atoms with Crippen molar-refractivity contribution in [2.75, 3.05) is 10.5 Å². The highest BCUT2D eigenvalue weighted by Crippen LogP contribution is 2.22. The summed E-state index contributed by atoms with van der Waals surface area (Å²) in [6.07, 6.45) is 0. The zero-order valence-corrected chi connectivity index (χ0v) is 12.0. The van der Waals surface area contributed by atoms with E-state index in [2.05, 4.69) is 20.7 Å². The summed E-state index contributed by atoms with van der Waals surface area (Å²) in [4.78, 5) is 0.0239. The number of hydrogen-bond acceptors (Lipinski definition) is 3. The normalized spacial score (nSPS) is 11.3. The van der Waals surface area contributed by atoms with Gasteiger partial charge in [-0.3, -0.25) is 4.72 Å². The maximum absolute atomic E-state index is 13.3. The lowest BCUT2D eigenvalue weighted by atomic mass is 10.3. The average Bonchev–Trinajstić information content (AvgIpc) is 2.33. The molecule has 0 radical (unpaired) electrons. The third-order valence-corrected chi connectivity index (χ3v) is 4.36. The van der Waals surface area contributed by atoms with E-state index >= 15 is 0 Å². The highest BCUT2D eigenvalue weighted by Gasteiger charge is 2.14. The Morgan fingerprint density at radius 2 is 1.89 bits per heavy atom. The van der Waals surface area contributed by atoms with Gasteiger partial charge in [-0.15, -0.1) is 0 Å². The van der Waals surface area contributed by atoms with Gasteiger partial charge in [0.25, 0.3) is 10.0 Å². The number of sulfonamides is 1. The minimum atomic E-state index is -3.78. The van der Waals surface area contributed by atoms with E-state index < -0.39 is 15.8 Å². The third-order valence-electron chi connectivity index (χ3n) is 2.34. The summed E-state index contributed by atoms with van der Waals surface area (Å²) in [5, 5.41) is 0. The highest BCUT2D eigenvalue weighted by atomic mass is 79.9. The van der Waals surface area contributed by atoms with Crippen LogP contribution in [0.25, 0.3) is 0 Å². The fourth-order valence-corrected chi connectivity index (χ4v) is 2.81. The fourth-order valence-electron chi connectivity index (χ4n) is 1.46. The van der Waals surface area contributed by atoms with E-state index in [4.69, 9.17) is 5.73 Å². The molecule has 0 aliphatic heterocycles. The predicted molar refractivity (Wildman–Crippen MR) is 75.8 cm³/mol. The molecule has 0 heterocycles. The lowest BCUT2D eigenvalue weighted by Crippen LogP contribution is -2.13. The largest absolute Gasteiger partial charge is 0.399 e. The Kier molecular flexibility index (Phi) is 3.77. The first-order valence-electron chi connectivity index (χ1n) is 5.22. The van der Waals surface area contributed by atoms with E-state index in [1.54, 1.807) is 6.07 Å². The number of nitrogens with two attached hydrogens (primary N) is 1. The van der Waals surface area contributed by atoms with Crippen molar-refractivity contribution in [1.29, 1.82) is 0 Å². The van der Waals surface area contributed by atoms with Crippen molar-refractivity contribution < 1.29 is 12.8 Å². The predicted octanol–water partition coefficient (Wildman–Crippen LogP) is 2.97. The quantitative estimate of drug-likeness (QED) is 0.840. The van der Waals surface area contributed by atoms with Crippen LogP contribution in [0.3, 0.4) is 0 Å². The molecule has 0 aromatic heterocycles. The van der Waals surface area contributed by atoms with Gasteiger partial charge in [0.15, 0.2) is 0 Å². The molecule has 3 N–H and O–H groups in total. The van der Waals surface area contributed by atoms with Gasteiger partial charge < -0.3 is 5.73 Å². The van der Waals surface area contributed by atoms with Crippen LogP contribution in [0, 0.1) is 5.82 Å². The standard InChI is InChI=1S/C12H10BrFN2O2S/c13-11-5-4-9(7-12(11)14)16-19(17,18)10-3-1-2-8(15)6-10/h1-7,16H,15H2. The average molecular weight is 345 g/mol. The fraction of sp³-hybridized carbons (Fsp3) is 0. The summed E-state index contributed by atoms with van der Waals surface area (Å²) < 4.78 is 40.0. The first-order valence-corrected chi connectivity index (χ1v) is 7.49. The maximum atomic E-state index is 13.3. The van der Waals surface area contributed by atoms with Gasteiger partial charge in [0, 0.05) is 5.69 Å². The second-order valence-electron chi connectivity index (χ2n) is 3.81. The second-order valence-corrected chi connectivity index (χ2v) is 6.34. The summed E-state index contributed by atoms with van der Waals surface area (Å²) in [5.74, 6) is -0.548. The van der Waals surface area contributed by atoms with Gasteiger partial charge in [0.05, 0.1) is 15.1 Å². The van der Waals surface area contributed by atoms with Crippen LogP contribution in [-0.2, 0) is 10.0 Å². The SMILES string of the molecule is Nc1cccc(S(=O)(=O)Nc2ccc(Br)c(F)c2)c1. The first-order chi connectivity index (χ1) is 8.88. The molecule has 7 heteroatoms. The monoisotopic (exact) mass is 344 g/mol. The Morgan fingerprint density at radius 1 is 1.16 bits per heavy atom. The molecule has 100 valence electrons. The summed E-state index contributed by atoms with van der Waals surface area (Å²) in [5.41, 5.74) is 6.01. The smallest absolute Gasteiger partial charge is 0.261 e. The molecule has 2 aromatic carbocycles. The molecule has 0 saturated carbocycles. The Bertz CT molecular complexity index is 719. The van der Waals surface area contributed by atoms with E-state index in [1.165, 1.54) is 30.3 Å². The molecule has 0 aliphatic carbocycles. The summed E-state index contributed by atoms with van der Waals surface area (Å²) in [6, 6.07) is 9.83. The van der Waals surface area contributed by atoms with Gasteiger partial charge in [-0.25, -0.2) is 12.8 Å². The number of hydrogen-bond donors (Lipinski definition) is 2. The summed E-state index contributed by atoms with van der Waals surface area (Å²) in [6.45, 7) is 0. The molecule has 0 bridgehead atoms. The Morgan fingerprint density at radius 3 is 2.53 bits per heavy atom. The topological polar surface area (TPSA) is 72.2 Å². The number of nitrogens with one attached hydrogen (secondary N) is 1. The van der Waals surface area contributed by atoms with Crippen molar-refractivity contribution >= 4 is 37.3 Å². The molecule has 19 heavy (non-hydrogen) atoms. The Labute approximate surface area is 118 Å². The Hall–Kier alpha value is -1.60. The lowest BCUT2D eigenvalue weighted by Gasteiger charge is -2.09. The van der Waals surface area contributed by atoms with Crippen LogP contribution in [0.1, 0.15) is 0 Å². The number of nitrogen functional groups attached to an aromatic ring is 1. The van der Waals surface area contributed by atoms with Crippen LogP contribution < -0.4 is 10.5 Å². The van der Waals surface area contributed by atoms with Crippen molar-refractivity contribution in [2.24, 2.45) is 0 Å². The van der Waals surface area contributed by atoms with Gasteiger partial charge in [-0.1, -0.05) is 6.07 Å². The van der Waals surface area contributed by atoms with Crippen LogP contribution in [0.5, 0.6) is 0 Å². The van der Waals surface area contributed by atoms with E-state index in [0.717, 1.165) is 6.07 Å². The molecular formula is C12H10BrFN2O2S. The van der Waals surface area contributed by atoms with Crippen LogP contribution >= 0.6 is 15.9 Å². The lowest BCUT2D eigenvalue weighted by molar-refractivity contribution is 0.601. The van der Waals surface area contributed by atoms with Crippen LogP contribution in [0.4, 0.5) is 15.8 Å². The second kappa shape index (κ2) is 5.18. The van der Waals surface area contributed by atoms with Crippen LogP contribution in [0.2, 0.25) is 0 Å². The van der Waals surface area contributed by atoms with Crippen molar-refractivity contribution in [3.63, 3.8) is 0 Å². The van der Waals surface area contributed by atoms with E-state index in [0.29, 0.717) is 5.69 Å². The van der Waals surface area contributed by atoms with Crippen LogP contribution in [-0.4, -0.2) is 8.42 Å². The molecule has 0 atom stereocenters. The van der Waals surface area contributed by atoms with Gasteiger partial charge >= 0.3 is 0 Å². The van der Waals surface area contributed by atoms with Crippen molar-refractivity contribution in [1.82, 2.24) is 0 Å². The van der Waals surface area contributed by atoms with Gasteiger partial charge in [0.1, 0.15) is 5.82 Å². The molecule has 2 aromatic rings. The molecule has 0 saturated heterocycles. The van der Waals surface area contributed by atoms with Gasteiger partial charge in [-0.2, -0.15) is 0 Å². The minimum absolute atomic E-state index is 0.0239. The maximum Gasteiger partial charge on any atom is 0.261 e. The highest BCUT2D eigenvalue weighted by molar-refractivity contribution is 9.10. The third kappa shape index (κ3) is 3.24. The van der Waals surface area contributed by atoms with Gasteiger partial charge in [0.2, 0.25) is 0 Å². The molecule has 0 fully saturated rings. The molecule has 0 unspecified atom stereocenters. The number of anilines is 2. The zero-order valence-electron chi connectivity index (χ0n) is 9.60. The van der Waals surface area contributed by atoms with Crippen molar-refractivity contribution in [3.8, 4) is 0 Å². The van der Waals surface area contributed by atoms with E-state index in [1.807, 2.05) is 0 Å². The minimum Gasteiger partial charge on any atom is -0.399 e. The first kappa shape index (κ1) is 13.8. The molecule has 0 spiro atoms. The number of halogens is 2. The molecule has 4 nitrogen and oxygen atoms in total. The molecule has 0 aliphatic rings. The molecular weight excluding hydrogens is 335 g/mol. The Balaban J connectivity index is 2.33. The summed E-state index contributed by atoms with van der Waals surface area (Å²) >= 11 is 2.99. The molecule has 0 amide bonds. The summed E-state index contributed by atoms with van der Waals surface area (Å²) in [7, 11) is -3.78. The van der Waals surface area contributed by atoms with Crippen molar-refractivity contribution in [2.45, 2.75) is 4.90 Å². The van der Waals surface area contributed by atoms with E-state index in [9.17, 15) is 12.8 Å². The number of benzene rings is 2. The van der Waals surface area contributed by atoms with Crippen LogP contribution in [0.15, 0.2) is 51.8 Å². The van der Waals surface area contributed by atoms with E-state index in [-0.39, 0.29) is 15.1 Å². The number of rotatable bonds is 3. The van der Waals surface area contributed by atoms with Gasteiger partial charge in [-0.05, 0) is 52.3 Å².